The van der Waals surface area contributed by atoms with Gasteiger partial charge in [0.05, 0.1) is 6.61 Å². The molecule has 1 unspecified atom stereocenters. The number of benzene rings is 1. The van der Waals surface area contributed by atoms with Gasteiger partial charge in [-0.3, -0.25) is 4.79 Å². The maximum atomic E-state index is 10.5. The summed E-state index contributed by atoms with van der Waals surface area (Å²) >= 11 is 0. The average Bonchev–Trinajstić information content (AvgIpc) is 2.29. The number of fused-ring (bicyclic) bond motifs is 1. The first-order chi connectivity index (χ1) is 7.77. The summed E-state index contributed by atoms with van der Waals surface area (Å²) in [7, 11) is 0. The molecule has 1 atom stereocenters. The molecule has 3 nitrogen and oxygen atoms in total. The van der Waals surface area contributed by atoms with E-state index in [0.717, 1.165) is 31.6 Å². The van der Waals surface area contributed by atoms with Crippen LogP contribution < -0.4 is 4.74 Å². The molecular weight excluding hydrogens is 204 g/mol. The summed E-state index contributed by atoms with van der Waals surface area (Å²) in [4.78, 5) is 10.5. The highest BCUT2D eigenvalue weighted by atomic mass is 16.5. The van der Waals surface area contributed by atoms with Crippen LogP contribution >= 0.6 is 0 Å². The van der Waals surface area contributed by atoms with Gasteiger partial charge < -0.3 is 9.84 Å². The molecule has 16 heavy (non-hydrogen) atoms. The van der Waals surface area contributed by atoms with Crippen LogP contribution in [0.3, 0.4) is 0 Å². The molecule has 0 fully saturated rings. The van der Waals surface area contributed by atoms with Gasteiger partial charge >= 0.3 is 5.97 Å². The van der Waals surface area contributed by atoms with E-state index in [1.807, 2.05) is 18.2 Å². The Balaban J connectivity index is 1.99. The minimum atomic E-state index is -0.708. The van der Waals surface area contributed by atoms with Gasteiger partial charge in [-0.05, 0) is 36.8 Å². The molecule has 1 aliphatic rings. The van der Waals surface area contributed by atoms with Crippen molar-refractivity contribution < 1.29 is 14.6 Å². The van der Waals surface area contributed by atoms with Crippen LogP contribution in [0.5, 0.6) is 5.75 Å². The third-order valence-corrected chi connectivity index (χ3v) is 3.03. The van der Waals surface area contributed by atoms with Crippen molar-refractivity contribution in [2.24, 2.45) is 0 Å². The predicted octanol–water partition coefficient (Wildman–Crippen LogP) is 2.81. The molecule has 1 aliphatic heterocycles. The van der Waals surface area contributed by atoms with Crippen LogP contribution in [0, 0.1) is 0 Å². The van der Waals surface area contributed by atoms with E-state index in [4.69, 9.17) is 9.84 Å². The van der Waals surface area contributed by atoms with Gasteiger partial charge in [-0.2, -0.15) is 0 Å². The predicted molar refractivity (Wildman–Crippen MR) is 60.8 cm³/mol. The fourth-order valence-electron chi connectivity index (χ4n) is 2.22. The van der Waals surface area contributed by atoms with Gasteiger partial charge in [-0.15, -0.1) is 0 Å². The van der Waals surface area contributed by atoms with Crippen molar-refractivity contribution >= 4 is 5.97 Å². The normalized spacial score (nSPS) is 18.6. The summed E-state index contributed by atoms with van der Waals surface area (Å²) < 4.78 is 5.56. The first-order valence-corrected chi connectivity index (χ1v) is 5.71. The van der Waals surface area contributed by atoms with Crippen molar-refractivity contribution in [1.29, 1.82) is 0 Å². The zero-order valence-electron chi connectivity index (χ0n) is 9.19. The number of hydrogen-bond acceptors (Lipinski definition) is 2. The number of carboxylic acid groups (broad SMARTS) is 1. The van der Waals surface area contributed by atoms with E-state index in [0.29, 0.717) is 5.92 Å². The molecule has 0 spiro atoms. The number of hydrogen-bond donors (Lipinski definition) is 1. The second-order valence-electron chi connectivity index (χ2n) is 4.16. The lowest BCUT2D eigenvalue weighted by atomic mass is 9.89. The maximum absolute atomic E-state index is 10.5. The molecule has 3 heteroatoms. The van der Waals surface area contributed by atoms with Crippen molar-refractivity contribution in [3.05, 3.63) is 29.8 Å². The Labute approximate surface area is 95.0 Å². The summed E-state index contributed by atoms with van der Waals surface area (Å²) in [6, 6.07) is 8.05. The maximum Gasteiger partial charge on any atom is 0.303 e. The average molecular weight is 220 g/mol. The van der Waals surface area contributed by atoms with Crippen LogP contribution in [-0.2, 0) is 4.79 Å². The highest BCUT2D eigenvalue weighted by molar-refractivity contribution is 5.66. The topological polar surface area (TPSA) is 46.5 Å². The van der Waals surface area contributed by atoms with Crippen LogP contribution in [-0.4, -0.2) is 17.7 Å². The van der Waals surface area contributed by atoms with E-state index < -0.39 is 5.97 Å². The fraction of sp³-hybridized carbons (Fsp3) is 0.462. The van der Waals surface area contributed by atoms with E-state index in [9.17, 15) is 4.79 Å². The van der Waals surface area contributed by atoms with Crippen LogP contribution in [0.2, 0.25) is 0 Å². The monoisotopic (exact) mass is 220 g/mol. The SMILES string of the molecule is O=C(O)CCCC1CCOc2ccccc21. The van der Waals surface area contributed by atoms with Crippen LogP contribution in [0.4, 0.5) is 0 Å². The van der Waals surface area contributed by atoms with E-state index in [1.54, 1.807) is 0 Å². The Morgan fingerprint density at radius 1 is 1.44 bits per heavy atom. The van der Waals surface area contributed by atoms with Gasteiger partial charge in [0, 0.05) is 6.42 Å². The van der Waals surface area contributed by atoms with Crippen molar-refractivity contribution in [1.82, 2.24) is 0 Å². The number of carbonyl (C=O) groups is 1. The molecule has 1 aromatic rings. The number of aliphatic carboxylic acids is 1. The highest BCUT2D eigenvalue weighted by Gasteiger charge is 2.20. The molecule has 0 amide bonds. The molecule has 0 saturated heterocycles. The van der Waals surface area contributed by atoms with Crippen molar-refractivity contribution in [2.45, 2.75) is 31.6 Å². The molecule has 1 aromatic carbocycles. The van der Waals surface area contributed by atoms with E-state index >= 15 is 0 Å². The lowest BCUT2D eigenvalue weighted by molar-refractivity contribution is -0.137. The molecule has 0 aromatic heterocycles. The van der Waals surface area contributed by atoms with Crippen LogP contribution in [0.1, 0.15) is 37.2 Å². The van der Waals surface area contributed by atoms with Gasteiger partial charge in [-0.1, -0.05) is 18.2 Å². The molecule has 86 valence electrons. The van der Waals surface area contributed by atoms with Crippen LogP contribution in [0.25, 0.3) is 0 Å². The summed E-state index contributed by atoms with van der Waals surface area (Å²) in [5.41, 5.74) is 1.24. The van der Waals surface area contributed by atoms with Crippen molar-refractivity contribution in [2.75, 3.05) is 6.61 Å². The zero-order valence-corrected chi connectivity index (χ0v) is 9.19. The zero-order chi connectivity index (χ0) is 11.4. The quantitative estimate of drug-likeness (QED) is 0.848. The number of carboxylic acids is 1. The van der Waals surface area contributed by atoms with E-state index in [-0.39, 0.29) is 6.42 Å². The highest BCUT2D eigenvalue weighted by Crippen LogP contribution is 2.36. The molecule has 0 radical (unpaired) electrons. The molecular formula is C13H16O3. The van der Waals surface area contributed by atoms with E-state index in [1.165, 1.54) is 5.56 Å². The van der Waals surface area contributed by atoms with Crippen molar-refractivity contribution in [3.63, 3.8) is 0 Å². The summed E-state index contributed by atoms with van der Waals surface area (Å²) in [6.07, 6.45) is 2.94. The fourth-order valence-corrected chi connectivity index (χ4v) is 2.22. The summed E-state index contributed by atoms with van der Waals surface area (Å²) in [5.74, 6) is 0.721. The third kappa shape index (κ3) is 2.54. The Morgan fingerprint density at radius 3 is 3.06 bits per heavy atom. The van der Waals surface area contributed by atoms with Crippen molar-refractivity contribution in [3.8, 4) is 5.75 Å². The number of para-hydroxylation sites is 1. The summed E-state index contributed by atoms with van der Waals surface area (Å²) in [5, 5.41) is 8.61. The van der Waals surface area contributed by atoms with Gasteiger partial charge in [-0.25, -0.2) is 0 Å². The van der Waals surface area contributed by atoms with Crippen LogP contribution in [0.15, 0.2) is 24.3 Å². The Morgan fingerprint density at radius 2 is 2.25 bits per heavy atom. The van der Waals surface area contributed by atoms with Gasteiger partial charge in [0.1, 0.15) is 5.75 Å². The standard InChI is InChI=1S/C13H16O3/c14-13(15)7-3-4-10-8-9-16-12-6-2-1-5-11(10)12/h1-2,5-6,10H,3-4,7-9H2,(H,14,15). The molecule has 1 heterocycles. The molecule has 2 rings (SSSR count). The lowest BCUT2D eigenvalue weighted by Crippen LogP contribution is -2.14. The number of rotatable bonds is 4. The van der Waals surface area contributed by atoms with Gasteiger partial charge in [0.15, 0.2) is 0 Å². The minimum absolute atomic E-state index is 0.263. The first-order valence-electron chi connectivity index (χ1n) is 5.71. The molecule has 1 N–H and O–H groups in total. The second kappa shape index (κ2) is 5.01. The smallest absolute Gasteiger partial charge is 0.303 e. The Hall–Kier alpha value is -1.51. The summed E-state index contributed by atoms with van der Waals surface area (Å²) in [6.45, 7) is 0.745. The molecule has 0 bridgehead atoms. The minimum Gasteiger partial charge on any atom is -0.493 e. The Kier molecular flexibility index (Phi) is 3.44. The third-order valence-electron chi connectivity index (χ3n) is 3.03. The van der Waals surface area contributed by atoms with E-state index in [2.05, 4.69) is 6.07 Å². The Bertz CT molecular complexity index is 373. The van der Waals surface area contributed by atoms with Gasteiger partial charge in [0.2, 0.25) is 0 Å². The number of ether oxygens (including phenoxy) is 1. The first kappa shape index (κ1) is 11.0. The lowest BCUT2D eigenvalue weighted by Gasteiger charge is -2.25. The molecule has 0 saturated carbocycles. The van der Waals surface area contributed by atoms with Gasteiger partial charge in [0.25, 0.3) is 0 Å². The second-order valence-corrected chi connectivity index (χ2v) is 4.16. The molecule has 0 aliphatic carbocycles. The largest absolute Gasteiger partial charge is 0.493 e.